The van der Waals surface area contributed by atoms with E-state index in [9.17, 15) is 23.3 Å². The number of nitrogens with zero attached hydrogens (tertiary/aromatic N) is 3. The zero-order chi connectivity index (χ0) is 23.6. The molecule has 0 N–H and O–H groups in total. The average Bonchev–Trinajstić information content (AvgIpc) is 2.82. The summed E-state index contributed by atoms with van der Waals surface area (Å²) in [6, 6.07) is 19.0. The number of nitro benzene ring substituents is 1. The lowest BCUT2D eigenvalue weighted by Gasteiger charge is -2.32. The molecular formula is C23H20ClN3O5S. The van der Waals surface area contributed by atoms with Crippen LogP contribution in [0.2, 0.25) is 5.02 Å². The highest BCUT2D eigenvalue weighted by atomic mass is 35.5. The summed E-state index contributed by atoms with van der Waals surface area (Å²) in [5, 5.41) is 11.1. The van der Waals surface area contributed by atoms with E-state index >= 15 is 0 Å². The number of sulfonamides is 1. The molecule has 0 saturated heterocycles. The van der Waals surface area contributed by atoms with Crippen LogP contribution in [0, 0.1) is 10.1 Å². The lowest BCUT2D eigenvalue weighted by atomic mass is 10.0. The number of fused-ring (bicyclic) bond motifs is 1. The van der Waals surface area contributed by atoms with E-state index in [4.69, 9.17) is 11.6 Å². The van der Waals surface area contributed by atoms with Gasteiger partial charge in [0.2, 0.25) is 5.91 Å². The molecule has 0 aliphatic carbocycles. The summed E-state index contributed by atoms with van der Waals surface area (Å²) in [6.45, 7) is 0.0159. The van der Waals surface area contributed by atoms with Crippen LogP contribution in [0.4, 0.5) is 17.1 Å². The van der Waals surface area contributed by atoms with Gasteiger partial charge in [-0.25, -0.2) is 8.42 Å². The number of amides is 1. The van der Waals surface area contributed by atoms with Gasteiger partial charge in [-0.2, -0.15) is 0 Å². The van der Waals surface area contributed by atoms with E-state index in [0.717, 1.165) is 34.5 Å². The van der Waals surface area contributed by atoms with Gasteiger partial charge in [0.05, 0.1) is 15.5 Å². The third kappa shape index (κ3) is 4.55. The van der Waals surface area contributed by atoms with Crippen molar-refractivity contribution in [3.63, 3.8) is 0 Å². The molecule has 33 heavy (non-hydrogen) atoms. The summed E-state index contributed by atoms with van der Waals surface area (Å²) in [7, 11) is -4.32. The van der Waals surface area contributed by atoms with E-state index in [1.54, 1.807) is 35.2 Å². The number of hydrogen-bond acceptors (Lipinski definition) is 5. The van der Waals surface area contributed by atoms with Crippen LogP contribution in [-0.2, 0) is 21.2 Å². The summed E-state index contributed by atoms with van der Waals surface area (Å²) in [6.07, 6.45) is 1.61. The third-order valence-corrected chi connectivity index (χ3v) is 7.53. The predicted octanol–water partition coefficient (Wildman–Crippen LogP) is 4.42. The van der Waals surface area contributed by atoms with Crippen LogP contribution < -0.4 is 9.21 Å². The molecule has 8 nitrogen and oxygen atoms in total. The number of rotatable bonds is 6. The van der Waals surface area contributed by atoms with Crippen molar-refractivity contribution in [1.29, 1.82) is 0 Å². The standard InChI is InChI=1S/C23H20ClN3O5S/c24-20-13-12-19(15-22(20)27(29)30)33(31,32)26(18-9-2-1-3-10-18)16-23(28)25-14-6-8-17-7-4-5-11-21(17)25/h1-5,7,9-13,15H,6,8,14,16H2. The van der Waals surface area contributed by atoms with Gasteiger partial charge in [-0.3, -0.25) is 19.2 Å². The molecule has 3 aromatic carbocycles. The van der Waals surface area contributed by atoms with Gasteiger partial charge in [-0.15, -0.1) is 0 Å². The Balaban J connectivity index is 1.74. The number of benzene rings is 3. The molecule has 10 heteroatoms. The van der Waals surface area contributed by atoms with E-state index < -0.39 is 33.1 Å². The van der Waals surface area contributed by atoms with Gasteiger partial charge >= 0.3 is 0 Å². The van der Waals surface area contributed by atoms with Gasteiger partial charge in [-0.05, 0) is 48.7 Å². The molecule has 0 atom stereocenters. The van der Waals surface area contributed by atoms with Crippen molar-refractivity contribution in [2.24, 2.45) is 0 Å². The molecule has 170 valence electrons. The number of halogens is 1. The average molecular weight is 486 g/mol. The van der Waals surface area contributed by atoms with E-state index in [0.29, 0.717) is 6.54 Å². The highest BCUT2D eigenvalue weighted by molar-refractivity contribution is 7.92. The minimum atomic E-state index is -4.32. The Hall–Kier alpha value is -3.43. The Bertz CT molecular complexity index is 1310. The lowest BCUT2D eigenvalue weighted by Crippen LogP contribution is -2.45. The fourth-order valence-electron chi connectivity index (χ4n) is 3.83. The SMILES string of the molecule is O=C(CN(c1ccccc1)S(=O)(=O)c1ccc(Cl)c([N+](=O)[O-])c1)N1CCCc2ccccc21. The van der Waals surface area contributed by atoms with Crippen molar-refractivity contribution in [3.8, 4) is 0 Å². The Kier molecular flexibility index (Phi) is 6.35. The second-order valence-corrected chi connectivity index (χ2v) is 9.76. The number of para-hydroxylation sites is 2. The maximum absolute atomic E-state index is 13.6. The van der Waals surface area contributed by atoms with Crippen LogP contribution >= 0.6 is 11.6 Å². The largest absolute Gasteiger partial charge is 0.311 e. The van der Waals surface area contributed by atoms with Crippen molar-refractivity contribution in [1.82, 2.24) is 0 Å². The second kappa shape index (κ2) is 9.21. The molecule has 4 rings (SSSR count). The molecule has 3 aromatic rings. The molecule has 1 heterocycles. The number of anilines is 2. The van der Waals surface area contributed by atoms with E-state index in [1.165, 1.54) is 12.1 Å². The summed E-state index contributed by atoms with van der Waals surface area (Å²) in [4.78, 5) is 25.2. The maximum atomic E-state index is 13.6. The fourth-order valence-corrected chi connectivity index (χ4v) is 5.45. The van der Waals surface area contributed by atoms with Crippen LogP contribution in [0.3, 0.4) is 0 Å². The number of nitro groups is 1. The van der Waals surface area contributed by atoms with Crippen LogP contribution in [0.15, 0.2) is 77.7 Å². The van der Waals surface area contributed by atoms with Crippen molar-refractivity contribution in [2.75, 3.05) is 22.3 Å². The topological polar surface area (TPSA) is 101 Å². The van der Waals surface area contributed by atoms with Crippen molar-refractivity contribution < 1.29 is 18.1 Å². The fraction of sp³-hybridized carbons (Fsp3) is 0.174. The van der Waals surface area contributed by atoms with E-state index in [1.807, 2.05) is 24.3 Å². The molecule has 0 unspecified atom stereocenters. The molecule has 0 bridgehead atoms. The molecule has 0 spiro atoms. The van der Waals surface area contributed by atoms with Crippen molar-refractivity contribution in [2.45, 2.75) is 17.7 Å². The summed E-state index contributed by atoms with van der Waals surface area (Å²) in [5.41, 5.74) is 1.54. The normalized spacial score (nSPS) is 13.3. The number of aryl methyl sites for hydroxylation is 1. The first kappa shape index (κ1) is 22.8. The molecule has 0 aromatic heterocycles. The highest BCUT2D eigenvalue weighted by Crippen LogP contribution is 2.32. The first-order chi connectivity index (χ1) is 15.8. The monoisotopic (exact) mass is 485 g/mol. The van der Waals surface area contributed by atoms with Gasteiger partial charge < -0.3 is 4.90 Å². The highest BCUT2D eigenvalue weighted by Gasteiger charge is 2.32. The van der Waals surface area contributed by atoms with Gasteiger partial charge in [-0.1, -0.05) is 48.0 Å². The van der Waals surface area contributed by atoms with Crippen molar-refractivity contribution >= 4 is 44.6 Å². The van der Waals surface area contributed by atoms with E-state index in [2.05, 4.69) is 0 Å². The first-order valence-electron chi connectivity index (χ1n) is 10.2. The van der Waals surface area contributed by atoms with E-state index in [-0.39, 0.29) is 15.6 Å². The number of carbonyl (C=O) groups excluding carboxylic acids is 1. The maximum Gasteiger partial charge on any atom is 0.289 e. The van der Waals surface area contributed by atoms with Crippen LogP contribution in [0.5, 0.6) is 0 Å². The van der Waals surface area contributed by atoms with Crippen molar-refractivity contribution in [3.05, 3.63) is 93.5 Å². The summed E-state index contributed by atoms with van der Waals surface area (Å²) < 4.78 is 28.1. The van der Waals surface area contributed by atoms with Crippen LogP contribution in [-0.4, -0.2) is 32.3 Å². The minimum absolute atomic E-state index is 0.175. The molecular weight excluding hydrogens is 466 g/mol. The number of hydrogen-bond donors (Lipinski definition) is 0. The second-order valence-electron chi connectivity index (χ2n) is 7.50. The molecule has 1 aliphatic heterocycles. The zero-order valence-electron chi connectivity index (χ0n) is 17.4. The molecule has 0 fully saturated rings. The molecule has 0 saturated carbocycles. The predicted molar refractivity (Wildman–Crippen MR) is 126 cm³/mol. The lowest BCUT2D eigenvalue weighted by molar-refractivity contribution is -0.384. The van der Waals surface area contributed by atoms with Gasteiger partial charge in [0.25, 0.3) is 15.7 Å². The van der Waals surface area contributed by atoms with Crippen LogP contribution in [0.1, 0.15) is 12.0 Å². The molecule has 1 amide bonds. The Morgan fingerprint density at radius 2 is 1.76 bits per heavy atom. The zero-order valence-corrected chi connectivity index (χ0v) is 19.0. The van der Waals surface area contributed by atoms with Gasteiger partial charge in [0.15, 0.2) is 0 Å². The van der Waals surface area contributed by atoms with Crippen LogP contribution in [0.25, 0.3) is 0 Å². The molecule has 1 aliphatic rings. The summed E-state index contributed by atoms with van der Waals surface area (Å²) >= 11 is 5.86. The van der Waals surface area contributed by atoms with Gasteiger partial charge in [0.1, 0.15) is 11.6 Å². The Labute approximate surface area is 196 Å². The Morgan fingerprint density at radius 1 is 1.06 bits per heavy atom. The third-order valence-electron chi connectivity index (χ3n) is 5.44. The quantitative estimate of drug-likeness (QED) is 0.380. The number of carbonyl (C=O) groups is 1. The van der Waals surface area contributed by atoms with Gasteiger partial charge in [0, 0.05) is 18.3 Å². The smallest absolute Gasteiger partial charge is 0.289 e. The Morgan fingerprint density at radius 3 is 2.48 bits per heavy atom. The first-order valence-corrected chi connectivity index (χ1v) is 12.0. The summed E-state index contributed by atoms with van der Waals surface area (Å²) in [5.74, 6) is -0.391. The molecule has 0 radical (unpaired) electrons. The minimum Gasteiger partial charge on any atom is -0.311 e.